The molecule has 0 aromatic heterocycles. The van der Waals surface area contributed by atoms with Crippen molar-refractivity contribution in [1.29, 1.82) is 0 Å². The molecule has 17 heavy (non-hydrogen) atoms. The molecule has 0 fully saturated rings. The Labute approximate surface area is 111 Å². The molecular weight excluding hydrogens is 232 g/mol. The van der Waals surface area contributed by atoms with Crippen LogP contribution >= 0.6 is 11.8 Å². The molecule has 0 aliphatic carbocycles. The largest absolute Gasteiger partial charge is 0.348 e. The van der Waals surface area contributed by atoms with E-state index in [9.17, 15) is 4.79 Å². The number of thioether (sulfide) groups is 1. The number of carbonyl (C=O) groups excluding carboxylic acids is 1. The fraction of sp³-hybridized carbons (Fsp3) is 0.923. The first-order valence-electron chi connectivity index (χ1n) is 6.47. The summed E-state index contributed by atoms with van der Waals surface area (Å²) in [5.41, 5.74) is 0. The molecule has 0 unspecified atom stereocenters. The van der Waals surface area contributed by atoms with Crippen LogP contribution < -0.4 is 0 Å². The standard InChI is InChI=1S/C13H28N2OS/c1-7-15(11(2)3)9-8-10-17-12(4)13(16)14(5)6/h11-12H,7-10H2,1-6H3/t12-/m0/s1. The fourth-order valence-electron chi connectivity index (χ4n) is 1.74. The van der Waals surface area contributed by atoms with Crippen LogP contribution in [0.1, 0.15) is 34.1 Å². The Morgan fingerprint density at radius 1 is 1.24 bits per heavy atom. The van der Waals surface area contributed by atoms with Crippen molar-refractivity contribution in [2.24, 2.45) is 0 Å². The van der Waals surface area contributed by atoms with Crippen molar-refractivity contribution >= 4 is 17.7 Å². The number of hydrogen-bond donors (Lipinski definition) is 0. The lowest BCUT2D eigenvalue weighted by molar-refractivity contribution is -0.127. The minimum absolute atomic E-state index is 0.0825. The molecule has 0 aromatic carbocycles. The smallest absolute Gasteiger partial charge is 0.234 e. The van der Waals surface area contributed by atoms with E-state index in [0.29, 0.717) is 6.04 Å². The molecule has 0 aromatic rings. The number of amides is 1. The molecule has 4 heteroatoms. The highest BCUT2D eigenvalue weighted by Crippen LogP contribution is 2.14. The molecule has 0 heterocycles. The topological polar surface area (TPSA) is 23.6 Å². The van der Waals surface area contributed by atoms with Gasteiger partial charge in [0.05, 0.1) is 5.25 Å². The zero-order valence-corrected chi connectivity index (χ0v) is 13.0. The molecular formula is C13H28N2OS. The molecule has 1 amide bonds. The number of carbonyl (C=O) groups is 1. The number of hydrogen-bond acceptors (Lipinski definition) is 3. The molecule has 0 N–H and O–H groups in total. The van der Waals surface area contributed by atoms with Gasteiger partial charge in [-0.15, -0.1) is 11.8 Å². The van der Waals surface area contributed by atoms with Crippen molar-refractivity contribution in [2.45, 2.75) is 45.4 Å². The van der Waals surface area contributed by atoms with Crippen LogP contribution in [0.15, 0.2) is 0 Å². The summed E-state index contributed by atoms with van der Waals surface area (Å²) in [7, 11) is 3.63. The second-order valence-electron chi connectivity index (χ2n) is 4.82. The zero-order valence-electron chi connectivity index (χ0n) is 12.2. The molecule has 102 valence electrons. The monoisotopic (exact) mass is 260 g/mol. The van der Waals surface area contributed by atoms with E-state index in [1.54, 1.807) is 16.7 Å². The van der Waals surface area contributed by atoms with E-state index in [1.807, 2.05) is 21.0 Å². The fourth-order valence-corrected chi connectivity index (χ4v) is 2.75. The average molecular weight is 260 g/mol. The van der Waals surface area contributed by atoms with Crippen LogP contribution in [0.5, 0.6) is 0 Å². The molecule has 0 bridgehead atoms. The van der Waals surface area contributed by atoms with Gasteiger partial charge in [0.2, 0.25) is 5.91 Å². The summed E-state index contributed by atoms with van der Waals surface area (Å²) < 4.78 is 0. The van der Waals surface area contributed by atoms with Crippen molar-refractivity contribution in [3.05, 3.63) is 0 Å². The van der Waals surface area contributed by atoms with Gasteiger partial charge in [0.1, 0.15) is 0 Å². The first-order valence-corrected chi connectivity index (χ1v) is 7.51. The van der Waals surface area contributed by atoms with Crippen LogP contribution in [-0.4, -0.2) is 59.9 Å². The first-order chi connectivity index (χ1) is 7.90. The predicted molar refractivity (Wildman–Crippen MR) is 77.6 cm³/mol. The summed E-state index contributed by atoms with van der Waals surface area (Å²) in [6.07, 6.45) is 1.15. The Morgan fingerprint density at radius 3 is 2.24 bits per heavy atom. The second-order valence-corrected chi connectivity index (χ2v) is 6.27. The molecule has 3 nitrogen and oxygen atoms in total. The van der Waals surface area contributed by atoms with Gasteiger partial charge in [0.15, 0.2) is 0 Å². The molecule has 1 atom stereocenters. The molecule has 0 saturated heterocycles. The molecule has 0 spiro atoms. The highest BCUT2D eigenvalue weighted by Gasteiger charge is 2.15. The van der Waals surface area contributed by atoms with Crippen LogP contribution in [0.25, 0.3) is 0 Å². The predicted octanol–water partition coefficient (Wildman–Crippen LogP) is 2.32. The van der Waals surface area contributed by atoms with E-state index < -0.39 is 0 Å². The summed E-state index contributed by atoms with van der Waals surface area (Å²) in [5.74, 6) is 1.27. The zero-order chi connectivity index (χ0) is 13.4. The Kier molecular flexibility index (Phi) is 8.70. The van der Waals surface area contributed by atoms with E-state index in [-0.39, 0.29) is 11.2 Å². The van der Waals surface area contributed by atoms with Crippen LogP contribution in [-0.2, 0) is 4.79 Å². The van der Waals surface area contributed by atoms with Crippen molar-refractivity contribution < 1.29 is 4.79 Å². The van der Waals surface area contributed by atoms with Crippen LogP contribution in [0.4, 0.5) is 0 Å². The van der Waals surface area contributed by atoms with Gasteiger partial charge < -0.3 is 9.80 Å². The molecule has 0 saturated carbocycles. The summed E-state index contributed by atoms with van der Waals surface area (Å²) >= 11 is 1.76. The molecule has 0 aliphatic heterocycles. The van der Waals surface area contributed by atoms with E-state index in [1.165, 1.54) is 0 Å². The Morgan fingerprint density at radius 2 is 1.82 bits per heavy atom. The maximum Gasteiger partial charge on any atom is 0.234 e. The van der Waals surface area contributed by atoms with Crippen LogP contribution in [0.3, 0.4) is 0 Å². The minimum atomic E-state index is 0.0825. The summed E-state index contributed by atoms with van der Waals surface area (Å²) in [5, 5.41) is 0.0825. The van der Waals surface area contributed by atoms with Crippen LogP contribution in [0.2, 0.25) is 0 Å². The first kappa shape index (κ1) is 16.8. The summed E-state index contributed by atoms with van der Waals surface area (Å²) in [6.45, 7) is 10.9. The summed E-state index contributed by atoms with van der Waals surface area (Å²) in [4.78, 5) is 15.8. The van der Waals surface area contributed by atoms with Gasteiger partial charge in [-0.25, -0.2) is 0 Å². The lowest BCUT2D eigenvalue weighted by atomic mass is 10.3. The highest BCUT2D eigenvalue weighted by atomic mass is 32.2. The van der Waals surface area contributed by atoms with Gasteiger partial charge in [0, 0.05) is 20.1 Å². The van der Waals surface area contributed by atoms with Crippen molar-refractivity contribution in [3.8, 4) is 0 Å². The Hall–Kier alpha value is -0.220. The van der Waals surface area contributed by atoms with Gasteiger partial charge in [-0.05, 0) is 46.0 Å². The van der Waals surface area contributed by atoms with Gasteiger partial charge in [0.25, 0.3) is 0 Å². The van der Waals surface area contributed by atoms with Crippen LogP contribution in [0, 0.1) is 0 Å². The average Bonchev–Trinajstić information content (AvgIpc) is 2.26. The summed E-state index contributed by atoms with van der Waals surface area (Å²) in [6, 6.07) is 0.617. The van der Waals surface area contributed by atoms with E-state index in [4.69, 9.17) is 0 Å². The maximum absolute atomic E-state index is 11.6. The van der Waals surface area contributed by atoms with E-state index in [0.717, 1.165) is 25.3 Å². The third kappa shape index (κ3) is 6.94. The maximum atomic E-state index is 11.6. The minimum Gasteiger partial charge on any atom is -0.348 e. The second kappa shape index (κ2) is 8.81. The lowest BCUT2D eigenvalue weighted by Gasteiger charge is -2.24. The third-order valence-corrected chi connectivity index (χ3v) is 4.11. The third-order valence-electron chi connectivity index (χ3n) is 2.88. The number of rotatable bonds is 8. The lowest BCUT2D eigenvalue weighted by Crippen LogP contribution is -2.32. The normalized spacial score (nSPS) is 13.2. The quantitative estimate of drug-likeness (QED) is 0.626. The van der Waals surface area contributed by atoms with Gasteiger partial charge in [-0.3, -0.25) is 4.79 Å². The molecule has 0 aliphatic rings. The van der Waals surface area contributed by atoms with Crippen molar-refractivity contribution in [2.75, 3.05) is 32.9 Å². The molecule has 0 rings (SSSR count). The Bertz CT molecular complexity index is 219. The van der Waals surface area contributed by atoms with Crippen molar-refractivity contribution in [1.82, 2.24) is 9.80 Å². The number of nitrogens with zero attached hydrogens (tertiary/aromatic N) is 2. The van der Waals surface area contributed by atoms with E-state index >= 15 is 0 Å². The Balaban J connectivity index is 3.74. The highest BCUT2D eigenvalue weighted by molar-refractivity contribution is 8.00. The SMILES string of the molecule is CCN(CCCS[C@@H](C)C(=O)N(C)C)C(C)C. The van der Waals surface area contributed by atoms with Gasteiger partial charge in [-0.1, -0.05) is 6.92 Å². The van der Waals surface area contributed by atoms with E-state index in [2.05, 4.69) is 25.7 Å². The molecule has 0 radical (unpaired) electrons. The van der Waals surface area contributed by atoms with Gasteiger partial charge >= 0.3 is 0 Å². The van der Waals surface area contributed by atoms with Gasteiger partial charge in [-0.2, -0.15) is 0 Å². The van der Waals surface area contributed by atoms with Crippen molar-refractivity contribution in [3.63, 3.8) is 0 Å².